The van der Waals surface area contributed by atoms with Crippen LogP contribution in [0.25, 0.3) is 6.20 Å². The first-order chi connectivity index (χ1) is 7.25. The molecule has 0 spiro atoms. The Morgan fingerprint density at radius 3 is 3.13 bits per heavy atom. The molecule has 0 bridgehead atoms. The van der Waals surface area contributed by atoms with Crippen molar-refractivity contribution >= 4 is 18.0 Å². The maximum atomic E-state index is 10.4. The van der Waals surface area contributed by atoms with Gasteiger partial charge in [-0.05, 0) is 18.2 Å². The van der Waals surface area contributed by atoms with Gasteiger partial charge < -0.3 is 10.4 Å². The average Bonchev–Trinajstić information content (AvgIpc) is 2.41. The van der Waals surface area contributed by atoms with Gasteiger partial charge in [-0.3, -0.25) is 10.3 Å². The van der Waals surface area contributed by atoms with Crippen LogP contribution >= 0.6 is 0 Å². The Morgan fingerprint density at radius 2 is 2.33 bits per heavy atom. The molecule has 0 aliphatic carbocycles. The zero-order valence-corrected chi connectivity index (χ0v) is 7.77. The molecular weight excluding hydrogens is 194 g/mol. The third kappa shape index (κ3) is 2.14. The first-order valence-electron chi connectivity index (χ1n) is 4.35. The smallest absolute Gasteiger partial charge is 0.409 e. The summed E-state index contributed by atoms with van der Waals surface area (Å²) in [5.41, 5.74) is 0.524. The fourth-order valence-corrected chi connectivity index (χ4v) is 1.29. The van der Waals surface area contributed by atoms with E-state index in [0.717, 1.165) is 10.6 Å². The summed E-state index contributed by atoms with van der Waals surface area (Å²) in [6.07, 6.45) is 4.03. The van der Waals surface area contributed by atoms with Crippen LogP contribution in [0.4, 0.5) is 10.5 Å². The fraction of sp³-hybridized carbons (Fsp3) is 0. The Hall–Kier alpha value is -2.30. The molecule has 1 aliphatic rings. The van der Waals surface area contributed by atoms with Gasteiger partial charge >= 0.3 is 6.09 Å². The molecule has 1 aliphatic heterocycles. The van der Waals surface area contributed by atoms with Gasteiger partial charge in [0.1, 0.15) is 0 Å². The molecule has 15 heavy (non-hydrogen) atoms. The normalized spacial score (nSPS) is 12.5. The number of anilines is 1. The SMILES string of the molecule is O=C(O)Nc1ccc2c(c1)=CNC=CN=2. The van der Waals surface area contributed by atoms with Crippen LogP contribution < -0.4 is 21.2 Å². The van der Waals surface area contributed by atoms with Crippen molar-refractivity contribution in [2.75, 3.05) is 5.32 Å². The monoisotopic (exact) mass is 203 g/mol. The molecule has 0 radical (unpaired) electrons. The van der Waals surface area contributed by atoms with Gasteiger partial charge in [0.15, 0.2) is 0 Å². The Morgan fingerprint density at radius 1 is 1.47 bits per heavy atom. The van der Waals surface area contributed by atoms with Gasteiger partial charge in [-0.25, -0.2) is 4.79 Å². The third-order valence-electron chi connectivity index (χ3n) is 1.90. The molecule has 5 heteroatoms. The van der Waals surface area contributed by atoms with Gasteiger partial charge in [0.25, 0.3) is 0 Å². The van der Waals surface area contributed by atoms with Crippen molar-refractivity contribution in [3.05, 3.63) is 41.2 Å². The van der Waals surface area contributed by atoms with Crippen LogP contribution in [0, 0.1) is 0 Å². The lowest BCUT2D eigenvalue weighted by Crippen LogP contribution is -2.26. The zero-order chi connectivity index (χ0) is 10.7. The minimum absolute atomic E-state index is 0.524. The number of fused-ring (bicyclic) bond motifs is 1. The maximum absolute atomic E-state index is 10.4. The van der Waals surface area contributed by atoms with E-state index in [1.807, 2.05) is 0 Å². The number of carbonyl (C=O) groups is 1. The summed E-state index contributed by atoms with van der Waals surface area (Å²) in [4.78, 5) is 14.6. The van der Waals surface area contributed by atoms with Crippen LogP contribution in [0.5, 0.6) is 0 Å². The van der Waals surface area contributed by atoms with E-state index in [1.165, 1.54) is 0 Å². The highest BCUT2D eigenvalue weighted by Crippen LogP contribution is 1.99. The first-order valence-corrected chi connectivity index (χ1v) is 4.35. The van der Waals surface area contributed by atoms with Gasteiger partial charge in [-0.2, -0.15) is 0 Å². The molecule has 1 aromatic carbocycles. The summed E-state index contributed by atoms with van der Waals surface area (Å²) in [6, 6.07) is 5.14. The first kappa shape index (κ1) is 9.26. The lowest BCUT2D eigenvalue weighted by molar-refractivity contribution is 0.210. The van der Waals surface area contributed by atoms with E-state index in [1.54, 1.807) is 36.8 Å². The van der Waals surface area contributed by atoms with Crippen molar-refractivity contribution in [2.45, 2.75) is 0 Å². The van der Waals surface area contributed by atoms with Gasteiger partial charge in [-0.15, -0.1) is 0 Å². The number of hydrogen-bond donors (Lipinski definition) is 3. The fourth-order valence-electron chi connectivity index (χ4n) is 1.29. The number of nitrogens with zero attached hydrogens (tertiary/aromatic N) is 1. The molecule has 0 saturated heterocycles. The van der Waals surface area contributed by atoms with Gasteiger partial charge in [-0.1, -0.05) is 0 Å². The quantitative estimate of drug-likeness (QED) is 0.610. The molecule has 0 unspecified atom stereocenters. The molecule has 0 aromatic heterocycles. The molecule has 1 aromatic rings. The maximum Gasteiger partial charge on any atom is 0.409 e. The Labute approximate surface area is 85.5 Å². The summed E-state index contributed by atoms with van der Waals surface area (Å²) in [5, 5.41) is 15.4. The molecule has 76 valence electrons. The molecule has 5 nitrogen and oxygen atoms in total. The van der Waals surface area contributed by atoms with E-state index in [-0.39, 0.29) is 0 Å². The Bertz CT molecular complexity index is 534. The van der Waals surface area contributed by atoms with Gasteiger partial charge in [0.05, 0.1) is 5.36 Å². The van der Waals surface area contributed by atoms with Gasteiger partial charge in [0, 0.05) is 29.5 Å². The predicted molar refractivity (Wildman–Crippen MR) is 55.6 cm³/mol. The second-order valence-electron chi connectivity index (χ2n) is 2.96. The summed E-state index contributed by atoms with van der Waals surface area (Å²) in [7, 11) is 0. The van der Waals surface area contributed by atoms with Crippen LogP contribution in [0.1, 0.15) is 0 Å². The van der Waals surface area contributed by atoms with E-state index < -0.39 is 6.09 Å². The number of hydrogen-bond acceptors (Lipinski definition) is 3. The van der Waals surface area contributed by atoms with Crippen molar-refractivity contribution < 1.29 is 9.90 Å². The zero-order valence-electron chi connectivity index (χ0n) is 7.77. The van der Waals surface area contributed by atoms with E-state index in [2.05, 4.69) is 15.6 Å². The summed E-state index contributed by atoms with van der Waals surface area (Å²) >= 11 is 0. The minimum Gasteiger partial charge on any atom is -0.465 e. The largest absolute Gasteiger partial charge is 0.465 e. The summed E-state index contributed by atoms with van der Waals surface area (Å²) < 4.78 is 0. The lowest BCUT2D eigenvalue weighted by Gasteiger charge is -1.99. The Kier molecular flexibility index (Phi) is 2.37. The molecule has 0 saturated carbocycles. The molecule has 1 heterocycles. The van der Waals surface area contributed by atoms with Crippen molar-refractivity contribution in [1.29, 1.82) is 0 Å². The van der Waals surface area contributed by atoms with Crippen molar-refractivity contribution in [2.24, 2.45) is 4.99 Å². The standard InChI is InChI=1S/C10H9N3O2/c14-10(15)13-8-1-2-9-7(5-8)6-11-3-4-12-9/h1-6,11,13H,(H,14,15). The summed E-state index contributed by atoms with van der Waals surface area (Å²) in [6.45, 7) is 0. The van der Waals surface area contributed by atoms with Crippen LogP contribution in [-0.4, -0.2) is 11.2 Å². The number of rotatable bonds is 1. The van der Waals surface area contributed by atoms with Gasteiger partial charge in [0.2, 0.25) is 0 Å². The van der Waals surface area contributed by atoms with Crippen molar-refractivity contribution in [1.82, 2.24) is 5.32 Å². The number of nitrogens with one attached hydrogen (secondary N) is 2. The predicted octanol–water partition coefficient (Wildman–Crippen LogP) is 0.208. The van der Waals surface area contributed by atoms with Crippen molar-refractivity contribution in [3.63, 3.8) is 0 Å². The molecule has 3 N–H and O–H groups in total. The van der Waals surface area contributed by atoms with Crippen LogP contribution in [0.3, 0.4) is 0 Å². The topological polar surface area (TPSA) is 73.7 Å². The average molecular weight is 203 g/mol. The Balaban J connectivity index is 2.48. The van der Waals surface area contributed by atoms with Crippen LogP contribution in [-0.2, 0) is 0 Å². The third-order valence-corrected chi connectivity index (χ3v) is 1.90. The van der Waals surface area contributed by atoms with E-state index in [0.29, 0.717) is 5.69 Å². The van der Waals surface area contributed by atoms with Crippen LogP contribution in [0.2, 0.25) is 0 Å². The van der Waals surface area contributed by atoms with E-state index in [4.69, 9.17) is 5.11 Å². The van der Waals surface area contributed by atoms with Crippen LogP contribution in [0.15, 0.2) is 35.6 Å². The highest BCUT2D eigenvalue weighted by atomic mass is 16.4. The van der Waals surface area contributed by atoms with E-state index >= 15 is 0 Å². The molecule has 0 atom stereocenters. The highest BCUT2D eigenvalue weighted by Gasteiger charge is 1.98. The highest BCUT2D eigenvalue weighted by molar-refractivity contribution is 5.82. The minimum atomic E-state index is -1.08. The molecular formula is C10H9N3O2. The second kappa shape index (κ2) is 3.83. The number of carboxylic acid groups (broad SMARTS) is 1. The second-order valence-corrected chi connectivity index (χ2v) is 2.96. The van der Waals surface area contributed by atoms with E-state index in [9.17, 15) is 4.79 Å². The molecule has 2 rings (SSSR count). The summed E-state index contributed by atoms with van der Waals surface area (Å²) in [5.74, 6) is 0. The molecule has 0 fully saturated rings. The lowest BCUT2D eigenvalue weighted by atomic mass is 10.2. The van der Waals surface area contributed by atoms with Crippen molar-refractivity contribution in [3.8, 4) is 0 Å². The number of amides is 1. The molecule has 1 amide bonds. The number of benzene rings is 1.